The average molecular weight is 284 g/mol. The summed E-state index contributed by atoms with van der Waals surface area (Å²) in [4.78, 5) is 27.7. The Hall–Kier alpha value is -1.14. The lowest BCUT2D eigenvalue weighted by atomic mass is 10.2. The molecule has 1 rings (SSSR count). The van der Waals surface area contributed by atoms with E-state index in [1.54, 1.807) is 0 Å². The van der Waals surface area contributed by atoms with E-state index >= 15 is 0 Å². The number of hydrogen-bond acceptors (Lipinski definition) is 4. The van der Waals surface area contributed by atoms with Gasteiger partial charge < -0.3 is 15.1 Å². The lowest BCUT2D eigenvalue weighted by Crippen LogP contribution is -2.58. The van der Waals surface area contributed by atoms with Crippen LogP contribution in [0.1, 0.15) is 27.2 Å². The molecule has 6 nitrogen and oxygen atoms in total. The Labute approximate surface area is 121 Å². The zero-order valence-electron chi connectivity index (χ0n) is 12.9. The highest BCUT2D eigenvalue weighted by Gasteiger charge is 2.26. The van der Waals surface area contributed by atoms with Crippen LogP contribution in [0, 0.1) is 0 Å². The normalized spacial score (nSPS) is 19.0. The van der Waals surface area contributed by atoms with E-state index in [1.807, 2.05) is 11.8 Å². The van der Waals surface area contributed by atoms with Crippen LogP contribution in [0.25, 0.3) is 0 Å². The number of nitrogens with one attached hydrogen (secondary N) is 2. The zero-order valence-corrected chi connectivity index (χ0v) is 12.9. The summed E-state index contributed by atoms with van der Waals surface area (Å²) in [7, 11) is 0. The van der Waals surface area contributed by atoms with E-state index in [-0.39, 0.29) is 24.4 Å². The SMILES string of the molecule is CCN(CC)CCCN(CC)C(=O)C1CNC(=O)CN1. The molecule has 2 N–H and O–H groups in total. The molecule has 1 unspecified atom stereocenters. The van der Waals surface area contributed by atoms with E-state index in [0.29, 0.717) is 13.1 Å². The minimum Gasteiger partial charge on any atom is -0.353 e. The first-order valence-electron chi connectivity index (χ1n) is 7.63. The number of amides is 2. The molecule has 20 heavy (non-hydrogen) atoms. The highest BCUT2D eigenvalue weighted by molar-refractivity contribution is 5.86. The molecule has 0 saturated carbocycles. The molecular formula is C14H28N4O2. The summed E-state index contributed by atoms with van der Waals surface area (Å²) in [5.41, 5.74) is 0. The van der Waals surface area contributed by atoms with Crippen molar-refractivity contribution in [2.75, 3.05) is 45.8 Å². The molecular weight excluding hydrogens is 256 g/mol. The van der Waals surface area contributed by atoms with E-state index in [4.69, 9.17) is 0 Å². The molecule has 6 heteroatoms. The second-order valence-corrected chi connectivity index (χ2v) is 5.04. The van der Waals surface area contributed by atoms with Crippen LogP contribution >= 0.6 is 0 Å². The largest absolute Gasteiger partial charge is 0.353 e. The van der Waals surface area contributed by atoms with Crippen molar-refractivity contribution in [1.82, 2.24) is 20.4 Å². The zero-order chi connectivity index (χ0) is 15.0. The van der Waals surface area contributed by atoms with Gasteiger partial charge in [0.1, 0.15) is 6.04 Å². The number of nitrogens with zero attached hydrogens (tertiary/aromatic N) is 2. The third-order valence-electron chi connectivity index (χ3n) is 3.80. The maximum atomic E-state index is 12.3. The number of rotatable bonds is 8. The van der Waals surface area contributed by atoms with Gasteiger partial charge in [0.25, 0.3) is 0 Å². The molecule has 2 amide bonds. The smallest absolute Gasteiger partial charge is 0.241 e. The van der Waals surface area contributed by atoms with E-state index in [9.17, 15) is 9.59 Å². The third kappa shape index (κ3) is 5.09. The Kier molecular flexibility index (Phi) is 7.54. The highest BCUT2D eigenvalue weighted by atomic mass is 16.2. The molecule has 1 heterocycles. The molecule has 116 valence electrons. The van der Waals surface area contributed by atoms with Crippen LogP contribution in [0.5, 0.6) is 0 Å². The molecule has 1 fully saturated rings. The average Bonchev–Trinajstić information content (AvgIpc) is 2.48. The van der Waals surface area contributed by atoms with Crippen LogP contribution < -0.4 is 10.6 Å². The predicted molar refractivity (Wildman–Crippen MR) is 79.5 cm³/mol. The fraction of sp³-hybridized carbons (Fsp3) is 0.857. The van der Waals surface area contributed by atoms with Crippen LogP contribution in [-0.2, 0) is 9.59 Å². The van der Waals surface area contributed by atoms with Gasteiger partial charge in [-0.2, -0.15) is 0 Å². The molecule has 0 aliphatic carbocycles. The molecule has 1 saturated heterocycles. The van der Waals surface area contributed by atoms with Crippen molar-refractivity contribution in [3.8, 4) is 0 Å². The summed E-state index contributed by atoms with van der Waals surface area (Å²) in [6.07, 6.45) is 0.986. The fourth-order valence-electron chi connectivity index (χ4n) is 2.41. The van der Waals surface area contributed by atoms with Crippen LogP contribution in [0.2, 0.25) is 0 Å². The summed E-state index contributed by atoms with van der Waals surface area (Å²) in [6, 6.07) is -0.277. The maximum absolute atomic E-state index is 12.3. The number of carbonyl (C=O) groups excluding carboxylic acids is 2. The van der Waals surface area contributed by atoms with Gasteiger partial charge in [0.05, 0.1) is 6.54 Å². The van der Waals surface area contributed by atoms with Gasteiger partial charge in [0.15, 0.2) is 0 Å². The van der Waals surface area contributed by atoms with Gasteiger partial charge in [-0.15, -0.1) is 0 Å². The first kappa shape index (κ1) is 16.9. The van der Waals surface area contributed by atoms with E-state index in [0.717, 1.165) is 32.6 Å². The lowest BCUT2D eigenvalue weighted by Gasteiger charge is -2.30. The molecule has 0 aromatic carbocycles. The minimum absolute atomic E-state index is 0.0429. The van der Waals surface area contributed by atoms with E-state index in [2.05, 4.69) is 29.4 Å². The summed E-state index contributed by atoms with van der Waals surface area (Å²) in [6.45, 7) is 11.5. The highest BCUT2D eigenvalue weighted by Crippen LogP contribution is 2.01. The summed E-state index contributed by atoms with van der Waals surface area (Å²) >= 11 is 0. The van der Waals surface area contributed by atoms with Gasteiger partial charge in [-0.05, 0) is 33.0 Å². The Bertz CT molecular complexity index is 308. The molecule has 0 aromatic heterocycles. The first-order chi connectivity index (χ1) is 9.62. The van der Waals surface area contributed by atoms with Crippen molar-refractivity contribution in [2.24, 2.45) is 0 Å². The molecule has 0 aromatic rings. The van der Waals surface area contributed by atoms with Gasteiger partial charge in [-0.1, -0.05) is 13.8 Å². The van der Waals surface area contributed by atoms with Crippen LogP contribution in [0.15, 0.2) is 0 Å². The van der Waals surface area contributed by atoms with Crippen molar-refractivity contribution in [2.45, 2.75) is 33.2 Å². The summed E-state index contributed by atoms with van der Waals surface area (Å²) in [5.74, 6) is 0.0469. The maximum Gasteiger partial charge on any atom is 0.241 e. The number of hydrogen-bond donors (Lipinski definition) is 2. The van der Waals surface area contributed by atoms with Gasteiger partial charge in [0, 0.05) is 19.6 Å². The molecule has 1 atom stereocenters. The minimum atomic E-state index is -0.277. The van der Waals surface area contributed by atoms with Crippen LogP contribution in [-0.4, -0.2) is 73.5 Å². The second kappa shape index (κ2) is 8.92. The van der Waals surface area contributed by atoms with Crippen LogP contribution in [0.3, 0.4) is 0 Å². The van der Waals surface area contributed by atoms with E-state index in [1.165, 1.54) is 0 Å². The van der Waals surface area contributed by atoms with Gasteiger partial charge in [-0.25, -0.2) is 0 Å². The fourth-order valence-corrected chi connectivity index (χ4v) is 2.41. The second-order valence-electron chi connectivity index (χ2n) is 5.04. The number of piperazine rings is 1. The monoisotopic (exact) mass is 284 g/mol. The summed E-state index contributed by atoms with van der Waals surface area (Å²) < 4.78 is 0. The Morgan fingerprint density at radius 2 is 1.90 bits per heavy atom. The van der Waals surface area contributed by atoms with Crippen molar-refractivity contribution in [3.05, 3.63) is 0 Å². The van der Waals surface area contributed by atoms with Crippen molar-refractivity contribution in [1.29, 1.82) is 0 Å². The molecule has 1 aliphatic heterocycles. The molecule has 1 aliphatic rings. The third-order valence-corrected chi connectivity index (χ3v) is 3.80. The lowest BCUT2D eigenvalue weighted by molar-refractivity contribution is -0.134. The van der Waals surface area contributed by atoms with Gasteiger partial charge in [0.2, 0.25) is 11.8 Å². The molecule has 0 bridgehead atoms. The molecule has 0 radical (unpaired) electrons. The van der Waals surface area contributed by atoms with E-state index < -0.39 is 0 Å². The Morgan fingerprint density at radius 3 is 2.40 bits per heavy atom. The Morgan fingerprint density at radius 1 is 1.20 bits per heavy atom. The van der Waals surface area contributed by atoms with Gasteiger partial charge >= 0.3 is 0 Å². The van der Waals surface area contributed by atoms with Crippen molar-refractivity contribution >= 4 is 11.8 Å². The number of carbonyl (C=O) groups is 2. The number of likely N-dealkylation sites (N-methyl/N-ethyl adjacent to an activating group) is 1. The molecule has 0 spiro atoms. The topological polar surface area (TPSA) is 64.7 Å². The standard InChI is InChI=1S/C14H28N4O2/c1-4-17(5-2)8-7-9-18(6-3)14(20)12-10-16-13(19)11-15-12/h12,15H,4-11H2,1-3H3,(H,16,19). The first-order valence-corrected chi connectivity index (χ1v) is 7.63. The van der Waals surface area contributed by atoms with Gasteiger partial charge in [-0.3, -0.25) is 14.9 Å². The quantitative estimate of drug-likeness (QED) is 0.640. The predicted octanol–water partition coefficient (Wildman–Crippen LogP) is -0.345. The summed E-state index contributed by atoms with van der Waals surface area (Å²) in [5, 5.41) is 5.72. The van der Waals surface area contributed by atoms with Crippen molar-refractivity contribution < 1.29 is 9.59 Å². The Balaban J connectivity index is 2.37. The van der Waals surface area contributed by atoms with Crippen molar-refractivity contribution in [3.63, 3.8) is 0 Å². The van der Waals surface area contributed by atoms with Crippen LogP contribution in [0.4, 0.5) is 0 Å².